The lowest BCUT2D eigenvalue weighted by atomic mass is 10.3. The van der Waals surface area contributed by atoms with Gasteiger partial charge < -0.3 is 48.0 Å². The fourth-order valence-electron chi connectivity index (χ4n) is 2.95. The van der Waals surface area contributed by atoms with Crippen molar-refractivity contribution in [3.05, 3.63) is 58.5 Å². The van der Waals surface area contributed by atoms with Crippen LogP contribution >= 0.6 is 22.7 Å². The molecule has 6 heteroatoms. The number of benzene rings is 2. The molecule has 0 fully saturated rings. The van der Waals surface area contributed by atoms with Gasteiger partial charge in [-0.2, -0.15) is 9.13 Å². The Kier molecular flexibility index (Phi) is 6.98. The van der Waals surface area contributed by atoms with Gasteiger partial charge in [0.25, 0.3) is 0 Å². The lowest BCUT2D eigenvalue weighted by molar-refractivity contribution is -0.652. The van der Waals surface area contributed by atoms with Crippen molar-refractivity contribution in [3.8, 4) is 0 Å². The molecule has 2 nitrogen and oxygen atoms in total. The molecule has 2 aromatic carbocycles. The number of halogens is 2. The predicted octanol–water partition coefficient (Wildman–Crippen LogP) is -2.44. The number of fused-ring (bicyclic) bond motifs is 2. The van der Waals surface area contributed by atoms with Crippen molar-refractivity contribution >= 4 is 43.1 Å². The molecule has 0 N–H and O–H groups in total. The summed E-state index contributed by atoms with van der Waals surface area (Å²) >= 11 is 3.83. The third-order valence-corrected chi connectivity index (χ3v) is 6.77. The smallest absolute Gasteiger partial charge is 0.238 e. The van der Waals surface area contributed by atoms with E-state index < -0.39 is 0 Å². The van der Waals surface area contributed by atoms with E-state index in [0.717, 1.165) is 12.8 Å². The summed E-state index contributed by atoms with van der Waals surface area (Å²) in [5.74, 6) is 0. The average molecular weight is 580 g/mol. The van der Waals surface area contributed by atoms with Crippen LogP contribution in [0.2, 0.25) is 0 Å². The Morgan fingerprint density at radius 3 is 1.42 bits per heavy atom. The van der Waals surface area contributed by atoms with E-state index in [1.54, 1.807) is 0 Å². The molecule has 4 rings (SSSR count). The van der Waals surface area contributed by atoms with E-state index in [-0.39, 0.29) is 48.0 Å². The van der Waals surface area contributed by atoms with Crippen LogP contribution in [0.4, 0.5) is 0 Å². The Hall–Kier alpha value is -0.320. The van der Waals surface area contributed by atoms with Crippen LogP contribution in [-0.2, 0) is 26.9 Å². The third-order valence-electron chi connectivity index (χ3n) is 4.21. The van der Waals surface area contributed by atoms with Crippen LogP contribution in [0.5, 0.6) is 0 Å². The van der Waals surface area contributed by atoms with Crippen LogP contribution < -0.4 is 57.1 Å². The molecule has 0 aliphatic carbocycles. The highest BCUT2D eigenvalue weighted by molar-refractivity contribution is 7.18. The van der Waals surface area contributed by atoms with E-state index in [4.69, 9.17) is 0 Å². The highest BCUT2D eigenvalue weighted by Crippen LogP contribution is 2.23. The maximum Gasteiger partial charge on any atom is 0.238 e. The highest BCUT2D eigenvalue weighted by atomic mass is 127. The summed E-state index contributed by atoms with van der Waals surface area (Å²) in [4.78, 5) is 0. The quantitative estimate of drug-likeness (QED) is 0.188. The molecule has 126 valence electrons. The van der Waals surface area contributed by atoms with Gasteiger partial charge in [0.15, 0.2) is 0 Å². The van der Waals surface area contributed by atoms with Gasteiger partial charge in [-0.05, 0) is 12.1 Å². The Balaban J connectivity index is 0.00000104. The monoisotopic (exact) mass is 580 g/mol. The molecule has 0 aliphatic rings. The molecule has 0 unspecified atom stereocenters. The number of para-hydroxylation sites is 2. The summed E-state index contributed by atoms with van der Waals surface area (Å²) in [5, 5.41) is 2.89. The molecule has 0 saturated heterocycles. The molecule has 0 atom stereocenters. The zero-order valence-electron chi connectivity index (χ0n) is 13.5. The maximum atomic E-state index is 2.34. The van der Waals surface area contributed by atoms with Gasteiger partial charge in [-0.1, -0.05) is 46.9 Å². The predicted molar refractivity (Wildman–Crippen MR) is 93.4 cm³/mol. The molecular formula is C18H18I2N2S2. The summed E-state index contributed by atoms with van der Waals surface area (Å²) in [7, 11) is 4.36. The second-order valence-corrected chi connectivity index (χ2v) is 7.78. The molecule has 24 heavy (non-hydrogen) atoms. The first-order valence-electron chi connectivity index (χ1n) is 7.47. The summed E-state index contributed by atoms with van der Waals surface area (Å²) < 4.78 is 7.43. The normalized spacial score (nSPS) is 10.6. The van der Waals surface area contributed by atoms with Crippen LogP contribution in [0, 0.1) is 0 Å². The van der Waals surface area contributed by atoms with Crippen LogP contribution in [0.1, 0.15) is 10.0 Å². The molecule has 0 spiro atoms. The Bertz CT molecular complexity index is 896. The first-order valence-corrected chi connectivity index (χ1v) is 9.10. The van der Waals surface area contributed by atoms with Gasteiger partial charge >= 0.3 is 0 Å². The van der Waals surface area contributed by atoms with Gasteiger partial charge in [-0.25, -0.2) is 0 Å². The van der Waals surface area contributed by atoms with E-state index >= 15 is 0 Å². The largest absolute Gasteiger partial charge is 1.00 e. The van der Waals surface area contributed by atoms with Crippen molar-refractivity contribution in [2.24, 2.45) is 14.1 Å². The number of thiazole rings is 2. The molecule has 0 amide bonds. The van der Waals surface area contributed by atoms with Crippen molar-refractivity contribution < 1.29 is 57.1 Å². The zero-order valence-corrected chi connectivity index (χ0v) is 19.4. The lowest BCUT2D eigenvalue weighted by Crippen LogP contribution is -3.00. The van der Waals surface area contributed by atoms with E-state index in [2.05, 4.69) is 71.8 Å². The van der Waals surface area contributed by atoms with Crippen molar-refractivity contribution in [3.63, 3.8) is 0 Å². The molecule has 0 saturated carbocycles. The molecule has 2 aromatic heterocycles. The first kappa shape index (κ1) is 20.0. The van der Waals surface area contributed by atoms with Gasteiger partial charge in [0.2, 0.25) is 21.0 Å². The van der Waals surface area contributed by atoms with Gasteiger partial charge in [0.05, 0.1) is 12.8 Å². The van der Waals surface area contributed by atoms with Gasteiger partial charge in [-0.15, -0.1) is 0 Å². The molecule has 0 aliphatic heterocycles. The summed E-state index contributed by atoms with van der Waals surface area (Å²) in [6.07, 6.45) is 2.19. The molecule has 4 aromatic rings. The van der Waals surface area contributed by atoms with Crippen LogP contribution in [0.3, 0.4) is 0 Å². The SMILES string of the molecule is C[n+]1c(CCc2sc3ccccc3[n+]2C)sc2ccccc21.[I-].[I-]. The summed E-state index contributed by atoms with van der Waals surface area (Å²) in [5.41, 5.74) is 2.67. The van der Waals surface area contributed by atoms with Gasteiger partial charge in [-0.3, -0.25) is 0 Å². The zero-order chi connectivity index (χ0) is 15.1. The Morgan fingerprint density at radius 1 is 0.667 bits per heavy atom. The summed E-state index contributed by atoms with van der Waals surface area (Å²) in [6, 6.07) is 17.3. The van der Waals surface area contributed by atoms with Gasteiger partial charge in [0.1, 0.15) is 23.5 Å². The average Bonchev–Trinajstić information content (AvgIpc) is 3.04. The minimum absolute atomic E-state index is 0. The van der Waals surface area contributed by atoms with E-state index in [1.165, 1.54) is 30.4 Å². The van der Waals surface area contributed by atoms with Crippen LogP contribution in [0.25, 0.3) is 20.4 Å². The fraction of sp³-hybridized carbons (Fsp3) is 0.222. The van der Waals surface area contributed by atoms with E-state index in [1.807, 2.05) is 22.7 Å². The summed E-state index contributed by atoms with van der Waals surface area (Å²) in [6.45, 7) is 0. The van der Waals surface area contributed by atoms with Crippen molar-refractivity contribution in [2.45, 2.75) is 12.8 Å². The van der Waals surface area contributed by atoms with Crippen molar-refractivity contribution in [1.82, 2.24) is 0 Å². The Morgan fingerprint density at radius 2 is 1.04 bits per heavy atom. The topological polar surface area (TPSA) is 7.76 Å². The molecule has 0 bridgehead atoms. The fourth-order valence-corrected chi connectivity index (χ4v) is 5.25. The number of nitrogens with zero attached hydrogens (tertiary/aromatic N) is 2. The number of aromatic nitrogens is 2. The third kappa shape index (κ3) is 3.61. The molecule has 2 heterocycles. The van der Waals surface area contributed by atoms with Crippen molar-refractivity contribution in [2.75, 3.05) is 0 Å². The number of hydrogen-bond acceptors (Lipinski definition) is 2. The van der Waals surface area contributed by atoms with E-state index in [9.17, 15) is 0 Å². The second kappa shape index (κ2) is 8.37. The lowest BCUT2D eigenvalue weighted by Gasteiger charge is -1.92. The minimum atomic E-state index is 0. The minimum Gasteiger partial charge on any atom is -1.00 e. The maximum absolute atomic E-state index is 2.34. The first-order chi connectivity index (χ1) is 10.7. The number of aryl methyl sites for hydroxylation is 4. The second-order valence-electron chi connectivity index (χ2n) is 5.55. The number of hydrogen-bond donors (Lipinski definition) is 0. The van der Waals surface area contributed by atoms with Gasteiger partial charge in [0, 0.05) is 12.1 Å². The number of rotatable bonds is 3. The van der Waals surface area contributed by atoms with Crippen molar-refractivity contribution in [1.29, 1.82) is 0 Å². The standard InChI is InChI=1S/C18H18N2S2.2HI/c1-19-13-7-3-5-9-15(13)21-17(19)11-12-18-20(2)14-8-4-6-10-16(14)22-18;;/h3-10H,11-12H2,1-2H3;2*1H/q+2;;/p-2. The van der Waals surface area contributed by atoms with E-state index in [0.29, 0.717) is 0 Å². The molecular weight excluding hydrogens is 562 g/mol. The van der Waals surface area contributed by atoms with Crippen LogP contribution in [-0.4, -0.2) is 0 Å². The highest BCUT2D eigenvalue weighted by Gasteiger charge is 2.20. The van der Waals surface area contributed by atoms with Crippen LogP contribution in [0.15, 0.2) is 48.5 Å². The Labute approximate surface area is 184 Å². The molecule has 0 radical (unpaired) electrons.